The van der Waals surface area contributed by atoms with Gasteiger partial charge in [-0.15, -0.1) is 0 Å². The zero-order valence-corrected chi connectivity index (χ0v) is 25.3. The highest BCUT2D eigenvalue weighted by Gasteiger charge is 2.41. The van der Waals surface area contributed by atoms with E-state index < -0.39 is 5.97 Å². The molecule has 4 atom stereocenters. The summed E-state index contributed by atoms with van der Waals surface area (Å²) in [5.41, 5.74) is 7.96. The molecule has 2 aromatic carbocycles. The van der Waals surface area contributed by atoms with E-state index in [1.165, 1.54) is 35.3 Å². The third kappa shape index (κ3) is 5.61. The van der Waals surface area contributed by atoms with Gasteiger partial charge in [0.2, 0.25) is 5.91 Å². The Morgan fingerprint density at radius 1 is 0.951 bits per heavy atom. The van der Waals surface area contributed by atoms with Crippen LogP contribution in [0, 0.1) is 25.7 Å². The fourth-order valence-electron chi connectivity index (χ4n) is 7.38. The Kier molecular flexibility index (Phi) is 8.46. The number of hydrogen-bond donors (Lipinski definition) is 1. The molecule has 1 saturated heterocycles. The first-order chi connectivity index (χ1) is 19.6. The molecule has 41 heavy (non-hydrogen) atoms. The largest absolute Gasteiger partial charge is 0.493 e. The fraction of sp³-hybridized carbons (Fsp3) is 0.529. The summed E-state index contributed by atoms with van der Waals surface area (Å²) in [4.78, 5) is 29.7. The first-order valence-corrected chi connectivity index (χ1v) is 15.0. The number of nitrogens with zero attached hydrogens (tertiary/aromatic N) is 2. The molecule has 2 aromatic rings. The van der Waals surface area contributed by atoms with E-state index >= 15 is 0 Å². The van der Waals surface area contributed by atoms with Crippen LogP contribution in [0.5, 0.6) is 11.5 Å². The van der Waals surface area contributed by atoms with Crippen LogP contribution < -0.4 is 9.47 Å². The van der Waals surface area contributed by atoms with Gasteiger partial charge >= 0.3 is 5.97 Å². The lowest BCUT2D eigenvalue weighted by molar-refractivity contribution is -0.134. The number of aliphatic carboxylic acids is 1. The van der Waals surface area contributed by atoms with Crippen LogP contribution in [0.15, 0.2) is 35.9 Å². The van der Waals surface area contributed by atoms with Crippen molar-refractivity contribution in [1.29, 1.82) is 0 Å². The normalized spacial score (nSPS) is 24.2. The molecule has 5 rings (SSSR count). The van der Waals surface area contributed by atoms with Crippen LogP contribution in [-0.4, -0.2) is 60.6 Å². The average Bonchev–Trinajstić information content (AvgIpc) is 2.96. The molecule has 220 valence electrons. The summed E-state index contributed by atoms with van der Waals surface area (Å²) in [6, 6.07) is 9.09. The van der Waals surface area contributed by atoms with Gasteiger partial charge in [-0.05, 0) is 104 Å². The summed E-state index contributed by atoms with van der Waals surface area (Å²) in [5.74, 6) is 0.969. The summed E-state index contributed by atoms with van der Waals surface area (Å²) in [7, 11) is 3.28. The molecule has 3 aliphatic heterocycles. The number of methoxy groups -OCH3 is 2. The Hall–Kier alpha value is -3.32. The minimum atomic E-state index is -1.07. The molecular formula is C34H44N2O5. The number of piperidine rings is 1. The highest BCUT2D eigenvalue weighted by molar-refractivity contribution is 5.97. The van der Waals surface area contributed by atoms with Gasteiger partial charge in [0, 0.05) is 37.3 Å². The first-order valence-electron chi connectivity index (χ1n) is 15.0. The van der Waals surface area contributed by atoms with Gasteiger partial charge in [0.25, 0.3) is 0 Å². The maximum Gasteiger partial charge on any atom is 0.331 e. The van der Waals surface area contributed by atoms with Crippen molar-refractivity contribution in [3.63, 3.8) is 0 Å². The molecule has 7 heteroatoms. The van der Waals surface area contributed by atoms with E-state index in [-0.39, 0.29) is 17.5 Å². The fourth-order valence-corrected chi connectivity index (χ4v) is 7.38. The quantitative estimate of drug-likeness (QED) is 0.431. The molecule has 0 spiro atoms. The Morgan fingerprint density at radius 3 is 2.29 bits per heavy atom. The van der Waals surface area contributed by atoms with Gasteiger partial charge in [0.1, 0.15) is 0 Å². The molecule has 0 bridgehead atoms. The van der Waals surface area contributed by atoms with Crippen molar-refractivity contribution in [3.8, 4) is 11.5 Å². The van der Waals surface area contributed by atoms with Crippen LogP contribution >= 0.6 is 0 Å². The standard InChI is InChI=1S/C34H44N2O5/c1-7-23-19-35-10-8-24-12-20(2)21(3)13-27(24)29(35)15-26(23)16-30-28-18-32(41-6)31(40-5)17-25(28)9-11-36(30)33(37)14-22(4)34(38)39/h12-14,17-18,23,26,29-30H,7-11,15-16,19H2,1-6H3,(H,38,39)/b22-14-. The Balaban J connectivity index is 1.53. The van der Waals surface area contributed by atoms with Crippen molar-refractivity contribution in [2.75, 3.05) is 33.9 Å². The van der Waals surface area contributed by atoms with Crippen molar-refractivity contribution in [1.82, 2.24) is 9.80 Å². The summed E-state index contributed by atoms with van der Waals surface area (Å²) >= 11 is 0. The van der Waals surface area contributed by atoms with Gasteiger partial charge in [-0.3, -0.25) is 9.69 Å². The lowest BCUT2D eigenvalue weighted by Gasteiger charge is -2.49. The number of fused-ring (bicyclic) bond motifs is 4. The Morgan fingerprint density at radius 2 is 1.61 bits per heavy atom. The van der Waals surface area contributed by atoms with Crippen molar-refractivity contribution in [2.24, 2.45) is 11.8 Å². The van der Waals surface area contributed by atoms with Crippen LogP contribution in [0.25, 0.3) is 0 Å². The molecule has 0 aromatic heterocycles. The minimum Gasteiger partial charge on any atom is -0.493 e. The summed E-state index contributed by atoms with van der Waals surface area (Å²) in [6.07, 6.45) is 6.04. The van der Waals surface area contributed by atoms with Crippen LogP contribution in [0.4, 0.5) is 0 Å². The zero-order chi connectivity index (χ0) is 29.4. The summed E-state index contributed by atoms with van der Waals surface area (Å²) in [5, 5.41) is 9.46. The molecule has 1 amide bonds. The number of ether oxygens (including phenoxy) is 2. The van der Waals surface area contributed by atoms with Crippen molar-refractivity contribution in [3.05, 3.63) is 69.3 Å². The average molecular weight is 561 g/mol. The van der Waals surface area contributed by atoms with E-state index in [4.69, 9.17) is 9.47 Å². The summed E-state index contributed by atoms with van der Waals surface area (Å²) < 4.78 is 11.3. The first kappa shape index (κ1) is 29.2. The molecule has 3 heterocycles. The van der Waals surface area contributed by atoms with E-state index in [1.54, 1.807) is 14.2 Å². The van der Waals surface area contributed by atoms with Crippen molar-refractivity contribution >= 4 is 11.9 Å². The number of carboxylic acid groups (broad SMARTS) is 1. The van der Waals surface area contributed by atoms with Crippen LogP contribution in [-0.2, 0) is 22.4 Å². The third-order valence-corrected chi connectivity index (χ3v) is 9.90. The van der Waals surface area contributed by atoms with Gasteiger partial charge in [-0.1, -0.05) is 25.5 Å². The van der Waals surface area contributed by atoms with E-state index in [0.717, 1.165) is 49.9 Å². The number of benzene rings is 2. The van der Waals surface area contributed by atoms with Gasteiger partial charge in [-0.2, -0.15) is 0 Å². The smallest absolute Gasteiger partial charge is 0.331 e. The number of amides is 1. The monoisotopic (exact) mass is 560 g/mol. The number of aryl methyl sites for hydroxylation is 2. The Labute approximate surface area is 244 Å². The topological polar surface area (TPSA) is 79.3 Å². The molecular weight excluding hydrogens is 516 g/mol. The van der Waals surface area contributed by atoms with Gasteiger partial charge in [-0.25, -0.2) is 4.79 Å². The van der Waals surface area contributed by atoms with Crippen LogP contribution in [0.2, 0.25) is 0 Å². The zero-order valence-electron chi connectivity index (χ0n) is 25.3. The number of carbonyl (C=O) groups is 2. The van der Waals surface area contributed by atoms with Crippen molar-refractivity contribution < 1.29 is 24.2 Å². The molecule has 0 saturated carbocycles. The maximum atomic E-state index is 13.6. The second kappa shape index (κ2) is 11.9. The highest BCUT2D eigenvalue weighted by Crippen LogP contribution is 2.48. The van der Waals surface area contributed by atoms with Crippen LogP contribution in [0.1, 0.15) is 78.6 Å². The van der Waals surface area contributed by atoms with E-state index in [2.05, 4.69) is 37.8 Å². The van der Waals surface area contributed by atoms with Gasteiger partial charge in [0.15, 0.2) is 11.5 Å². The van der Waals surface area contributed by atoms with Gasteiger partial charge in [0.05, 0.1) is 20.3 Å². The lowest BCUT2D eigenvalue weighted by Crippen LogP contribution is -2.47. The third-order valence-electron chi connectivity index (χ3n) is 9.90. The minimum absolute atomic E-state index is 0.0519. The maximum absolute atomic E-state index is 13.6. The number of hydrogen-bond acceptors (Lipinski definition) is 5. The highest BCUT2D eigenvalue weighted by atomic mass is 16.5. The SMILES string of the molecule is CCC1CN2CCc3cc(C)c(C)cc3C2CC1CC1c2cc(OC)c(OC)cc2CCN1C(=O)/C=C(/C)C(=O)O. The van der Waals surface area contributed by atoms with Gasteiger partial charge < -0.3 is 19.5 Å². The second-order valence-corrected chi connectivity index (χ2v) is 12.1. The van der Waals surface area contributed by atoms with E-state index in [1.807, 2.05) is 17.0 Å². The summed E-state index contributed by atoms with van der Waals surface area (Å²) in [6.45, 7) is 10.9. The molecule has 3 aliphatic rings. The molecule has 1 fully saturated rings. The number of rotatable bonds is 7. The molecule has 1 N–H and O–H groups in total. The molecule has 0 aliphatic carbocycles. The number of carboxylic acids is 1. The van der Waals surface area contributed by atoms with E-state index in [0.29, 0.717) is 42.3 Å². The second-order valence-electron chi connectivity index (χ2n) is 12.1. The van der Waals surface area contributed by atoms with Crippen molar-refractivity contribution in [2.45, 2.75) is 71.9 Å². The molecule has 7 nitrogen and oxygen atoms in total. The Bertz CT molecular complexity index is 1370. The predicted octanol–water partition coefficient (Wildman–Crippen LogP) is 5.81. The lowest BCUT2D eigenvalue weighted by atomic mass is 9.71. The molecule has 4 unspecified atom stereocenters. The van der Waals surface area contributed by atoms with Crippen LogP contribution in [0.3, 0.4) is 0 Å². The predicted molar refractivity (Wildman–Crippen MR) is 160 cm³/mol. The number of carbonyl (C=O) groups excluding carboxylic acids is 1. The van der Waals surface area contributed by atoms with E-state index in [9.17, 15) is 14.7 Å². The molecule has 0 radical (unpaired) electrons.